The van der Waals surface area contributed by atoms with E-state index in [1.807, 2.05) is 25.1 Å². The van der Waals surface area contributed by atoms with Gasteiger partial charge >= 0.3 is 36.4 Å². The molecular weight excluding hydrogens is 767 g/mol. The summed E-state index contributed by atoms with van der Waals surface area (Å²) in [6.45, 7) is 2.00. The molecule has 1 aliphatic carbocycles. The van der Waals surface area contributed by atoms with Crippen molar-refractivity contribution >= 4 is 63.8 Å². The van der Waals surface area contributed by atoms with Gasteiger partial charge in [-0.15, -0.1) is 0 Å². The molecule has 1 fully saturated rings. The highest BCUT2D eigenvalue weighted by Gasteiger charge is 2.39. The van der Waals surface area contributed by atoms with Crippen LogP contribution in [-0.4, -0.2) is 90.7 Å². The third kappa shape index (κ3) is 16.5. The third-order valence-corrected chi connectivity index (χ3v) is 6.42. The summed E-state index contributed by atoms with van der Waals surface area (Å²) in [6, 6.07) is 9.11. The Balaban J connectivity index is 0.000000545. The van der Waals surface area contributed by atoms with Gasteiger partial charge in [0.1, 0.15) is 11.0 Å². The van der Waals surface area contributed by atoms with Gasteiger partial charge in [-0.1, -0.05) is 36.1 Å². The number of benzene rings is 1. The average molecular weight is 795 g/mol. The van der Waals surface area contributed by atoms with Crippen LogP contribution in [-0.2, 0) is 14.4 Å². The van der Waals surface area contributed by atoms with Crippen LogP contribution in [0.15, 0.2) is 36.5 Å². The topological polar surface area (TPSA) is 254 Å². The second-order valence-corrected chi connectivity index (χ2v) is 10.7. The highest BCUT2D eigenvalue weighted by molar-refractivity contribution is 6.29. The van der Waals surface area contributed by atoms with Crippen LogP contribution in [0, 0.1) is 12.3 Å². The van der Waals surface area contributed by atoms with Gasteiger partial charge in [-0.25, -0.2) is 29.3 Å². The van der Waals surface area contributed by atoms with Gasteiger partial charge in [-0.05, 0) is 44.0 Å². The number of aromatic nitrogens is 3. The van der Waals surface area contributed by atoms with E-state index in [9.17, 15) is 44.3 Å². The molecule has 0 spiro atoms. The molecule has 2 unspecified atom stereocenters. The maximum atomic E-state index is 12.9. The number of nitrogens with one attached hydrogen (secondary N) is 4. The van der Waals surface area contributed by atoms with E-state index in [2.05, 4.69) is 30.9 Å². The highest BCUT2D eigenvalue weighted by Crippen LogP contribution is 2.27. The van der Waals surface area contributed by atoms with Crippen molar-refractivity contribution in [2.75, 3.05) is 10.6 Å². The lowest BCUT2D eigenvalue weighted by Crippen LogP contribution is -2.50. The molecule has 2 atom stereocenters. The number of guanidine groups is 1. The van der Waals surface area contributed by atoms with E-state index in [0.29, 0.717) is 22.2 Å². The van der Waals surface area contributed by atoms with Crippen molar-refractivity contribution in [1.82, 2.24) is 20.3 Å². The number of alkyl halides is 9. The molecular formula is C28H28ClF9N8O7. The SMILES string of the molecule is Cc1ccc2nc(C(=O)Nc3ccc(Cl)nc3)nc(NC3CCCCC3NC(=N)N)c2c1.O=C(O)C(F)(F)F.O=C(O)C(F)(F)F.O=C(O)C(F)(F)F. The van der Waals surface area contributed by atoms with Crippen LogP contribution in [0.4, 0.5) is 51.0 Å². The van der Waals surface area contributed by atoms with Crippen molar-refractivity contribution < 1.29 is 74.0 Å². The number of carboxylic acid groups (broad SMARTS) is 3. The van der Waals surface area contributed by atoms with Crippen LogP contribution in [0.25, 0.3) is 10.9 Å². The predicted octanol–water partition coefficient (Wildman–Crippen LogP) is 5.34. The van der Waals surface area contributed by atoms with Gasteiger partial charge in [0.15, 0.2) is 5.96 Å². The number of pyridine rings is 1. The van der Waals surface area contributed by atoms with Gasteiger partial charge in [0, 0.05) is 17.5 Å². The van der Waals surface area contributed by atoms with Crippen LogP contribution >= 0.6 is 11.6 Å². The largest absolute Gasteiger partial charge is 0.490 e. The lowest BCUT2D eigenvalue weighted by Gasteiger charge is -2.33. The second-order valence-electron chi connectivity index (χ2n) is 10.3. The van der Waals surface area contributed by atoms with Gasteiger partial charge in [0.2, 0.25) is 5.82 Å². The predicted molar refractivity (Wildman–Crippen MR) is 167 cm³/mol. The minimum Gasteiger partial charge on any atom is -0.475 e. The molecule has 1 saturated carbocycles. The molecule has 0 bridgehead atoms. The smallest absolute Gasteiger partial charge is 0.475 e. The van der Waals surface area contributed by atoms with Gasteiger partial charge < -0.3 is 37.0 Å². The molecule has 1 amide bonds. The number of hydrogen-bond acceptors (Lipinski definition) is 9. The molecule has 25 heteroatoms. The molecule has 2 aromatic heterocycles. The molecule has 2 heterocycles. The number of nitrogens with two attached hydrogens (primary N) is 1. The zero-order valence-electron chi connectivity index (χ0n) is 26.6. The van der Waals surface area contributed by atoms with Crippen LogP contribution in [0.2, 0.25) is 5.15 Å². The van der Waals surface area contributed by atoms with Gasteiger partial charge in [-0.2, -0.15) is 39.5 Å². The number of hydrogen-bond donors (Lipinski definition) is 8. The van der Waals surface area contributed by atoms with Crippen LogP contribution < -0.4 is 21.7 Å². The lowest BCUT2D eigenvalue weighted by molar-refractivity contribution is -0.193. The summed E-state index contributed by atoms with van der Waals surface area (Å²) < 4.78 is 95.2. The van der Waals surface area contributed by atoms with Gasteiger partial charge in [0.05, 0.1) is 17.4 Å². The summed E-state index contributed by atoms with van der Waals surface area (Å²) in [7, 11) is 0. The van der Waals surface area contributed by atoms with Crippen LogP contribution in [0.5, 0.6) is 0 Å². The van der Waals surface area contributed by atoms with Crippen molar-refractivity contribution in [2.24, 2.45) is 5.73 Å². The zero-order valence-corrected chi connectivity index (χ0v) is 27.4. The summed E-state index contributed by atoms with van der Waals surface area (Å²) >= 11 is 5.82. The fourth-order valence-corrected chi connectivity index (χ4v) is 4.05. The molecule has 0 radical (unpaired) electrons. The molecule has 1 aromatic carbocycles. The molecule has 1 aliphatic rings. The van der Waals surface area contributed by atoms with Crippen molar-refractivity contribution in [3.8, 4) is 0 Å². The normalized spacial score (nSPS) is 15.5. The number of rotatable bonds is 5. The van der Waals surface area contributed by atoms with E-state index < -0.39 is 42.3 Å². The maximum Gasteiger partial charge on any atom is 0.490 e. The average Bonchev–Trinajstić information content (AvgIpc) is 3.02. The van der Waals surface area contributed by atoms with Gasteiger partial charge in [-0.3, -0.25) is 10.2 Å². The van der Waals surface area contributed by atoms with E-state index in [-0.39, 0.29) is 23.9 Å². The number of nitrogens with zero attached hydrogens (tertiary/aromatic N) is 3. The molecule has 0 saturated heterocycles. The monoisotopic (exact) mass is 794 g/mol. The molecule has 4 rings (SSSR count). The first-order chi connectivity index (χ1) is 24.2. The summed E-state index contributed by atoms with van der Waals surface area (Å²) in [5.41, 5.74) is 7.82. The Labute approximate surface area is 296 Å². The minimum atomic E-state index is -5.08. The van der Waals surface area contributed by atoms with E-state index in [1.165, 1.54) is 6.20 Å². The number of aryl methyl sites for hydroxylation is 1. The molecule has 292 valence electrons. The van der Waals surface area contributed by atoms with Crippen LogP contribution in [0.1, 0.15) is 41.9 Å². The van der Waals surface area contributed by atoms with Crippen molar-refractivity contribution in [1.29, 1.82) is 5.41 Å². The van der Waals surface area contributed by atoms with E-state index in [4.69, 9.17) is 52.4 Å². The fourth-order valence-electron chi connectivity index (χ4n) is 3.94. The Morgan fingerprint density at radius 2 is 1.32 bits per heavy atom. The molecule has 3 aromatic rings. The number of anilines is 2. The Bertz CT molecular complexity index is 1700. The Hall–Kier alpha value is -5.68. The summed E-state index contributed by atoms with van der Waals surface area (Å²) in [5.74, 6) is -8.14. The Morgan fingerprint density at radius 1 is 0.830 bits per heavy atom. The molecule has 15 nitrogen and oxygen atoms in total. The Kier molecular flexibility index (Phi) is 16.5. The lowest BCUT2D eigenvalue weighted by atomic mass is 9.90. The second kappa shape index (κ2) is 19.2. The number of aliphatic carboxylic acids is 3. The van der Waals surface area contributed by atoms with E-state index >= 15 is 0 Å². The summed E-state index contributed by atoms with van der Waals surface area (Å²) in [5, 5.41) is 39.5. The van der Waals surface area contributed by atoms with Crippen molar-refractivity contribution in [3.63, 3.8) is 0 Å². The molecule has 9 N–H and O–H groups in total. The number of carbonyl (C=O) groups is 4. The number of amides is 1. The quantitative estimate of drug-likeness (QED) is 0.0703. The van der Waals surface area contributed by atoms with E-state index in [1.54, 1.807) is 12.1 Å². The minimum absolute atomic E-state index is 0.00786. The molecule has 53 heavy (non-hydrogen) atoms. The first kappa shape index (κ1) is 45.3. The third-order valence-electron chi connectivity index (χ3n) is 6.20. The number of carbonyl (C=O) groups excluding carboxylic acids is 1. The van der Waals surface area contributed by atoms with Gasteiger partial charge in [0.25, 0.3) is 5.91 Å². The van der Waals surface area contributed by atoms with E-state index in [0.717, 1.165) is 36.6 Å². The first-order valence-electron chi connectivity index (χ1n) is 14.2. The number of fused-ring (bicyclic) bond motifs is 1. The number of carboxylic acids is 3. The standard InChI is InChI=1S/C22H25ClN8O.3C2HF3O2/c1-12-6-8-15-14(10-12)19(29-16-4-2-3-5-17(16)30-22(24)25)31-20(28-15)21(32)27-13-7-9-18(23)26-11-13;3*3-2(4,5)1(6)7/h6-11,16-17H,2-5H2,1H3,(H,27,32)(H4,24,25,30)(H,28,29,31);3*(H,6,7). The first-order valence-corrected chi connectivity index (χ1v) is 14.6. The zero-order chi connectivity index (χ0) is 40.9. The fraction of sp³-hybridized carbons (Fsp3) is 0.357. The highest BCUT2D eigenvalue weighted by atomic mass is 35.5. The van der Waals surface area contributed by atoms with Crippen LogP contribution in [0.3, 0.4) is 0 Å². The molecule has 0 aliphatic heterocycles. The summed E-state index contributed by atoms with van der Waals surface area (Å²) in [6.07, 6.45) is -9.84. The Morgan fingerprint density at radius 3 is 1.75 bits per heavy atom. The van der Waals surface area contributed by atoms with Crippen molar-refractivity contribution in [2.45, 2.75) is 63.2 Å². The number of halogens is 10. The summed E-state index contributed by atoms with van der Waals surface area (Å²) in [4.78, 5) is 52.6. The maximum absolute atomic E-state index is 12.9. The van der Waals surface area contributed by atoms with Crippen molar-refractivity contribution in [3.05, 3.63) is 53.1 Å².